The van der Waals surface area contributed by atoms with Gasteiger partial charge in [0.1, 0.15) is 0 Å². The van der Waals surface area contributed by atoms with Crippen molar-refractivity contribution in [2.45, 2.75) is 25.8 Å². The number of methoxy groups -OCH3 is 1. The topological polar surface area (TPSA) is 21.3 Å². The number of hydrogen-bond donors (Lipinski definition) is 1. The predicted octanol–water partition coefficient (Wildman–Crippen LogP) is 3.55. The summed E-state index contributed by atoms with van der Waals surface area (Å²) in [5.74, 6) is 0. The van der Waals surface area contributed by atoms with Crippen LogP contribution in [0.1, 0.15) is 18.9 Å². The third kappa shape index (κ3) is 5.26. The quantitative estimate of drug-likeness (QED) is 0.822. The monoisotopic (exact) mass is 275 g/mol. The summed E-state index contributed by atoms with van der Waals surface area (Å²) in [6, 6.07) is 6.21. The molecule has 17 heavy (non-hydrogen) atoms. The maximum atomic E-state index is 6.00. The van der Waals surface area contributed by atoms with Gasteiger partial charge in [-0.2, -0.15) is 0 Å². The Labute approximate surface area is 113 Å². The Balaban J connectivity index is 2.61. The first-order chi connectivity index (χ1) is 8.17. The van der Waals surface area contributed by atoms with Crippen molar-refractivity contribution < 1.29 is 4.74 Å². The standard InChI is InChI=1S/C13H19Cl2NO/c1-3-16-11(6-7-17-2)8-10-4-5-12(14)13(15)9-10/h4-5,9,11,16H,3,6-8H2,1-2H3. The molecule has 0 amide bonds. The van der Waals surface area contributed by atoms with Gasteiger partial charge in [0.2, 0.25) is 0 Å². The molecule has 0 heterocycles. The molecule has 96 valence electrons. The van der Waals surface area contributed by atoms with Gasteiger partial charge in [-0.25, -0.2) is 0 Å². The fourth-order valence-electron chi connectivity index (χ4n) is 1.78. The Morgan fingerprint density at radius 3 is 2.65 bits per heavy atom. The maximum Gasteiger partial charge on any atom is 0.0595 e. The summed E-state index contributed by atoms with van der Waals surface area (Å²) in [7, 11) is 1.72. The average Bonchev–Trinajstić information content (AvgIpc) is 2.31. The molecule has 1 atom stereocenters. The summed E-state index contributed by atoms with van der Waals surface area (Å²) < 4.78 is 5.11. The van der Waals surface area contributed by atoms with E-state index < -0.39 is 0 Å². The number of likely N-dealkylation sites (N-methyl/N-ethyl adjacent to an activating group) is 1. The van der Waals surface area contributed by atoms with Gasteiger partial charge in [0.15, 0.2) is 0 Å². The van der Waals surface area contributed by atoms with E-state index in [9.17, 15) is 0 Å². The van der Waals surface area contributed by atoms with Gasteiger partial charge >= 0.3 is 0 Å². The molecular formula is C13H19Cl2NO. The number of benzene rings is 1. The molecule has 0 saturated carbocycles. The molecule has 1 N–H and O–H groups in total. The van der Waals surface area contributed by atoms with Crippen LogP contribution in [0.3, 0.4) is 0 Å². The highest BCUT2D eigenvalue weighted by Gasteiger charge is 2.09. The second kappa shape index (κ2) is 7.93. The summed E-state index contributed by atoms with van der Waals surface area (Å²) in [5, 5.41) is 4.66. The zero-order valence-electron chi connectivity index (χ0n) is 10.3. The molecule has 0 aliphatic heterocycles. The summed E-state index contributed by atoms with van der Waals surface area (Å²) in [4.78, 5) is 0. The van der Waals surface area contributed by atoms with Crippen molar-refractivity contribution in [3.8, 4) is 0 Å². The van der Waals surface area contributed by atoms with Gasteiger partial charge in [-0.1, -0.05) is 36.2 Å². The van der Waals surface area contributed by atoms with Crippen LogP contribution in [-0.4, -0.2) is 26.3 Å². The second-order valence-electron chi connectivity index (χ2n) is 3.99. The van der Waals surface area contributed by atoms with Crippen LogP contribution < -0.4 is 5.32 Å². The van der Waals surface area contributed by atoms with Crippen LogP contribution in [0.5, 0.6) is 0 Å². The maximum absolute atomic E-state index is 6.00. The van der Waals surface area contributed by atoms with E-state index in [0.29, 0.717) is 16.1 Å². The lowest BCUT2D eigenvalue weighted by Gasteiger charge is -2.17. The minimum absolute atomic E-state index is 0.414. The number of halogens is 2. The van der Waals surface area contributed by atoms with Crippen molar-refractivity contribution in [1.29, 1.82) is 0 Å². The van der Waals surface area contributed by atoms with Gasteiger partial charge in [-0.3, -0.25) is 0 Å². The Hall–Kier alpha value is -0.280. The third-order valence-corrected chi connectivity index (χ3v) is 3.37. The lowest BCUT2D eigenvalue weighted by atomic mass is 10.0. The summed E-state index contributed by atoms with van der Waals surface area (Å²) >= 11 is 11.9. The van der Waals surface area contributed by atoms with E-state index in [1.165, 1.54) is 5.56 Å². The van der Waals surface area contributed by atoms with Crippen LogP contribution in [0, 0.1) is 0 Å². The molecule has 0 aromatic heterocycles. The van der Waals surface area contributed by atoms with Crippen LogP contribution in [-0.2, 0) is 11.2 Å². The fourth-order valence-corrected chi connectivity index (χ4v) is 2.10. The van der Waals surface area contributed by atoms with Crippen molar-refractivity contribution in [1.82, 2.24) is 5.32 Å². The van der Waals surface area contributed by atoms with Crippen molar-refractivity contribution in [3.05, 3.63) is 33.8 Å². The number of rotatable bonds is 7. The van der Waals surface area contributed by atoms with Crippen molar-refractivity contribution in [2.75, 3.05) is 20.3 Å². The Kier molecular flexibility index (Phi) is 6.90. The molecule has 0 spiro atoms. The average molecular weight is 276 g/mol. The third-order valence-electron chi connectivity index (χ3n) is 2.63. The van der Waals surface area contributed by atoms with Crippen LogP contribution >= 0.6 is 23.2 Å². The van der Waals surface area contributed by atoms with Crippen LogP contribution in [0.4, 0.5) is 0 Å². The highest BCUT2D eigenvalue weighted by Crippen LogP contribution is 2.23. The van der Waals surface area contributed by atoms with Gasteiger partial charge in [-0.05, 0) is 37.1 Å². The van der Waals surface area contributed by atoms with Gasteiger partial charge in [0.05, 0.1) is 10.0 Å². The first kappa shape index (κ1) is 14.8. The predicted molar refractivity (Wildman–Crippen MR) is 74.1 cm³/mol. The SMILES string of the molecule is CCNC(CCOC)Cc1ccc(Cl)c(Cl)c1. The number of nitrogens with one attached hydrogen (secondary N) is 1. The van der Waals surface area contributed by atoms with E-state index in [2.05, 4.69) is 12.2 Å². The summed E-state index contributed by atoms with van der Waals surface area (Å²) in [6.07, 6.45) is 1.93. The van der Waals surface area contributed by atoms with Crippen molar-refractivity contribution in [3.63, 3.8) is 0 Å². The summed E-state index contributed by atoms with van der Waals surface area (Å²) in [6.45, 7) is 3.82. The first-order valence-corrected chi connectivity index (χ1v) is 6.59. The largest absolute Gasteiger partial charge is 0.385 e. The molecule has 1 aromatic rings. The van der Waals surface area contributed by atoms with Gasteiger partial charge < -0.3 is 10.1 Å². The normalized spacial score (nSPS) is 12.7. The van der Waals surface area contributed by atoms with E-state index in [0.717, 1.165) is 26.0 Å². The van der Waals surface area contributed by atoms with Crippen molar-refractivity contribution in [2.24, 2.45) is 0 Å². The van der Waals surface area contributed by atoms with Crippen molar-refractivity contribution >= 4 is 23.2 Å². The highest BCUT2D eigenvalue weighted by atomic mass is 35.5. The van der Waals surface area contributed by atoms with E-state index in [1.54, 1.807) is 7.11 Å². The Bertz CT molecular complexity index is 344. The minimum Gasteiger partial charge on any atom is -0.385 e. The Morgan fingerprint density at radius 1 is 1.29 bits per heavy atom. The second-order valence-corrected chi connectivity index (χ2v) is 4.80. The van der Waals surface area contributed by atoms with Crippen LogP contribution in [0.15, 0.2) is 18.2 Å². The van der Waals surface area contributed by atoms with Gasteiger partial charge in [0, 0.05) is 19.8 Å². The molecule has 1 aromatic carbocycles. The first-order valence-electron chi connectivity index (χ1n) is 5.83. The molecule has 2 nitrogen and oxygen atoms in total. The van der Waals surface area contributed by atoms with E-state index in [-0.39, 0.29) is 0 Å². The smallest absolute Gasteiger partial charge is 0.0595 e. The van der Waals surface area contributed by atoms with Crippen LogP contribution in [0.25, 0.3) is 0 Å². The number of ether oxygens (including phenoxy) is 1. The zero-order chi connectivity index (χ0) is 12.7. The minimum atomic E-state index is 0.414. The number of hydrogen-bond acceptors (Lipinski definition) is 2. The molecular weight excluding hydrogens is 257 g/mol. The molecule has 0 fully saturated rings. The lowest BCUT2D eigenvalue weighted by Crippen LogP contribution is -2.32. The molecule has 1 rings (SSSR count). The molecule has 4 heteroatoms. The molecule has 0 radical (unpaired) electrons. The fraction of sp³-hybridized carbons (Fsp3) is 0.538. The molecule has 0 aliphatic rings. The van der Waals surface area contributed by atoms with E-state index in [1.807, 2.05) is 18.2 Å². The highest BCUT2D eigenvalue weighted by molar-refractivity contribution is 6.42. The Morgan fingerprint density at radius 2 is 2.06 bits per heavy atom. The van der Waals surface area contributed by atoms with Gasteiger partial charge in [-0.15, -0.1) is 0 Å². The molecule has 0 aliphatic carbocycles. The van der Waals surface area contributed by atoms with E-state index >= 15 is 0 Å². The summed E-state index contributed by atoms with van der Waals surface area (Å²) in [5.41, 5.74) is 1.20. The molecule has 1 unspecified atom stereocenters. The molecule has 0 bridgehead atoms. The van der Waals surface area contributed by atoms with Gasteiger partial charge in [0.25, 0.3) is 0 Å². The lowest BCUT2D eigenvalue weighted by molar-refractivity contribution is 0.183. The molecule has 0 saturated heterocycles. The zero-order valence-corrected chi connectivity index (χ0v) is 11.8. The van der Waals surface area contributed by atoms with Crippen LogP contribution in [0.2, 0.25) is 10.0 Å². The van der Waals surface area contributed by atoms with E-state index in [4.69, 9.17) is 27.9 Å².